The molecule has 1 aliphatic heterocycles. The molecule has 1 atom stereocenters. The number of amides is 1. The van der Waals surface area contributed by atoms with Crippen molar-refractivity contribution in [3.8, 4) is 11.4 Å². The van der Waals surface area contributed by atoms with Gasteiger partial charge in [0.2, 0.25) is 0 Å². The number of aromatic nitrogens is 1. The van der Waals surface area contributed by atoms with Crippen molar-refractivity contribution in [3.63, 3.8) is 0 Å². The van der Waals surface area contributed by atoms with Crippen LogP contribution in [-0.4, -0.2) is 46.8 Å². The van der Waals surface area contributed by atoms with Crippen LogP contribution in [0.3, 0.4) is 0 Å². The van der Waals surface area contributed by atoms with Gasteiger partial charge in [0, 0.05) is 39.5 Å². The van der Waals surface area contributed by atoms with Crippen molar-refractivity contribution in [3.05, 3.63) is 93.9 Å². The van der Waals surface area contributed by atoms with Gasteiger partial charge in [-0.15, -0.1) is 0 Å². The Hall–Kier alpha value is -4.77. The number of Topliss-reactive ketones (excluding diaryl/α,β-unsaturated/α-hetero) is 1. The quantitative estimate of drug-likeness (QED) is 0.106. The number of nitrogens with one attached hydrogen (secondary N) is 3. The predicted molar refractivity (Wildman–Crippen MR) is 164 cm³/mol. The lowest BCUT2D eigenvalue weighted by Gasteiger charge is -2.30. The summed E-state index contributed by atoms with van der Waals surface area (Å²) in [6.45, 7) is 8.88. The van der Waals surface area contributed by atoms with Crippen molar-refractivity contribution in [1.29, 1.82) is 0 Å². The summed E-state index contributed by atoms with van der Waals surface area (Å²) in [5, 5.41) is 10.5. The van der Waals surface area contributed by atoms with Crippen molar-refractivity contribution < 1.29 is 23.9 Å². The Morgan fingerprint density at radius 1 is 1.10 bits per heavy atom. The molecule has 0 saturated carbocycles. The zero-order valence-electron chi connectivity index (χ0n) is 24.1. The van der Waals surface area contributed by atoms with Gasteiger partial charge in [-0.05, 0) is 83.2 Å². The van der Waals surface area contributed by atoms with Gasteiger partial charge in [-0.2, -0.15) is 5.10 Å². The van der Waals surface area contributed by atoms with E-state index in [4.69, 9.17) is 21.7 Å². The van der Waals surface area contributed by atoms with E-state index in [2.05, 4.69) is 21.2 Å². The van der Waals surface area contributed by atoms with E-state index in [9.17, 15) is 14.4 Å². The van der Waals surface area contributed by atoms with E-state index in [-0.39, 0.29) is 19.0 Å². The minimum absolute atomic E-state index is 0.0129. The molecule has 0 unspecified atom stereocenters. The second-order valence-electron chi connectivity index (χ2n) is 9.68. The molecule has 1 aromatic heterocycles. The first-order chi connectivity index (χ1) is 20.1. The Labute approximate surface area is 249 Å². The van der Waals surface area contributed by atoms with Crippen molar-refractivity contribution in [2.75, 3.05) is 13.2 Å². The maximum atomic E-state index is 12.7. The standard InChI is InChI=1S/C31H33N5O5S/c1-6-40-30(39)28-19(3)33-31(42)34-29(28)25-9-7-8-10-26(25)41-17-27(38)35-32-16-23-15-18(2)36(20(23)4)24-13-11-22(12-14-24)21(5)37/h7-16,29H,6,17H2,1-5H3,(H,35,38)(H2,33,34,42)/t29-/m1/s1. The molecule has 0 spiro atoms. The minimum Gasteiger partial charge on any atom is -0.483 e. The normalized spacial score (nSPS) is 14.8. The van der Waals surface area contributed by atoms with Gasteiger partial charge >= 0.3 is 5.97 Å². The number of ketones is 1. The van der Waals surface area contributed by atoms with Crippen LogP contribution < -0.4 is 20.8 Å². The van der Waals surface area contributed by atoms with Gasteiger partial charge in [-0.25, -0.2) is 10.2 Å². The number of benzene rings is 2. The second-order valence-corrected chi connectivity index (χ2v) is 10.1. The molecule has 4 rings (SSSR count). The zero-order chi connectivity index (χ0) is 30.4. The number of hydrazone groups is 1. The van der Waals surface area contributed by atoms with Crippen LogP contribution in [-0.2, 0) is 14.3 Å². The molecule has 11 heteroatoms. The van der Waals surface area contributed by atoms with Crippen LogP contribution in [0.1, 0.15) is 59.7 Å². The van der Waals surface area contributed by atoms with Crippen LogP contribution in [0.25, 0.3) is 5.69 Å². The van der Waals surface area contributed by atoms with Crippen LogP contribution in [0.2, 0.25) is 0 Å². The average Bonchev–Trinajstić information content (AvgIpc) is 3.24. The van der Waals surface area contributed by atoms with E-state index in [1.54, 1.807) is 50.4 Å². The number of para-hydroxylation sites is 1. The SMILES string of the molecule is CCOC(=O)C1=C(C)NC(=S)N[C@@H]1c1ccccc1OCC(=O)NN=Cc1cc(C)n(-c2ccc(C(C)=O)cc2)c1C. The Morgan fingerprint density at radius 3 is 2.50 bits per heavy atom. The van der Waals surface area contributed by atoms with Crippen LogP contribution in [0, 0.1) is 13.8 Å². The summed E-state index contributed by atoms with van der Waals surface area (Å²) >= 11 is 5.32. The number of ether oxygens (including phenoxy) is 2. The topological polar surface area (TPSA) is 123 Å². The average molecular weight is 588 g/mol. The first kappa shape index (κ1) is 30.2. The minimum atomic E-state index is -0.621. The molecule has 42 heavy (non-hydrogen) atoms. The summed E-state index contributed by atoms with van der Waals surface area (Å²) in [4.78, 5) is 37.0. The molecule has 0 aliphatic carbocycles. The molecule has 218 valence electrons. The first-order valence-corrected chi connectivity index (χ1v) is 13.8. The molecule has 0 radical (unpaired) electrons. The lowest BCUT2D eigenvalue weighted by molar-refractivity contribution is -0.139. The summed E-state index contributed by atoms with van der Waals surface area (Å²) in [5.74, 6) is -0.510. The number of allylic oxidation sites excluding steroid dienone is 1. The highest BCUT2D eigenvalue weighted by atomic mass is 32.1. The van der Waals surface area contributed by atoms with Gasteiger partial charge in [0.1, 0.15) is 5.75 Å². The van der Waals surface area contributed by atoms with E-state index >= 15 is 0 Å². The molecule has 1 aliphatic rings. The highest BCUT2D eigenvalue weighted by Crippen LogP contribution is 2.33. The Kier molecular flexibility index (Phi) is 9.53. The highest BCUT2D eigenvalue weighted by molar-refractivity contribution is 7.80. The molecule has 10 nitrogen and oxygen atoms in total. The number of aryl methyl sites for hydroxylation is 1. The summed E-state index contributed by atoms with van der Waals surface area (Å²) in [6.07, 6.45) is 1.58. The number of hydrogen-bond acceptors (Lipinski definition) is 7. The third kappa shape index (κ3) is 6.74. The van der Waals surface area contributed by atoms with E-state index < -0.39 is 17.9 Å². The van der Waals surface area contributed by atoms with Crippen molar-refractivity contribution in [2.45, 2.75) is 40.7 Å². The van der Waals surface area contributed by atoms with Gasteiger partial charge in [0.25, 0.3) is 5.91 Å². The van der Waals surface area contributed by atoms with Gasteiger partial charge in [0.05, 0.1) is 24.4 Å². The van der Waals surface area contributed by atoms with Crippen molar-refractivity contribution in [2.24, 2.45) is 5.10 Å². The maximum Gasteiger partial charge on any atom is 0.338 e. The third-order valence-electron chi connectivity index (χ3n) is 6.75. The number of esters is 1. The number of carbonyl (C=O) groups is 3. The van der Waals surface area contributed by atoms with E-state index in [0.717, 1.165) is 22.6 Å². The van der Waals surface area contributed by atoms with E-state index in [1.165, 1.54) is 6.92 Å². The Balaban J connectivity index is 1.43. The third-order valence-corrected chi connectivity index (χ3v) is 6.97. The molecule has 0 bridgehead atoms. The van der Waals surface area contributed by atoms with E-state index in [1.807, 2.05) is 42.7 Å². The summed E-state index contributed by atoms with van der Waals surface area (Å²) in [5.41, 5.74) is 8.40. The van der Waals surface area contributed by atoms with Crippen LogP contribution in [0.4, 0.5) is 0 Å². The van der Waals surface area contributed by atoms with Crippen molar-refractivity contribution in [1.82, 2.24) is 20.6 Å². The number of nitrogens with zero attached hydrogens (tertiary/aromatic N) is 2. The summed E-state index contributed by atoms with van der Waals surface area (Å²) in [7, 11) is 0. The molecule has 3 N–H and O–H groups in total. The first-order valence-electron chi connectivity index (χ1n) is 13.4. The smallest absolute Gasteiger partial charge is 0.338 e. The molecular formula is C31H33N5O5S. The molecule has 2 heterocycles. The summed E-state index contributed by atoms with van der Waals surface area (Å²) in [6, 6.07) is 15.8. The Bertz CT molecular complexity index is 1590. The van der Waals surface area contributed by atoms with Gasteiger partial charge in [-0.3, -0.25) is 9.59 Å². The van der Waals surface area contributed by atoms with Crippen LogP contribution in [0.5, 0.6) is 5.75 Å². The molecule has 3 aromatic rings. The van der Waals surface area contributed by atoms with E-state index in [0.29, 0.717) is 33.3 Å². The zero-order valence-corrected chi connectivity index (χ0v) is 24.9. The van der Waals surface area contributed by atoms with Crippen molar-refractivity contribution >= 4 is 41.2 Å². The fraction of sp³-hybridized carbons (Fsp3) is 0.258. The predicted octanol–water partition coefficient (Wildman–Crippen LogP) is 4.18. The van der Waals surface area contributed by atoms with Gasteiger partial charge in [-0.1, -0.05) is 18.2 Å². The van der Waals surface area contributed by atoms with Gasteiger partial charge in [0.15, 0.2) is 17.5 Å². The molecule has 0 saturated heterocycles. The molecular weight excluding hydrogens is 554 g/mol. The Morgan fingerprint density at radius 2 is 1.81 bits per heavy atom. The second kappa shape index (κ2) is 13.3. The van der Waals surface area contributed by atoms with Crippen LogP contribution >= 0.6 is 12.2 Å². The highest BCUT2D eigenvalue weighted by Gasteiger charge is 2.32. The number of thiocarbonyl (C=S) groups is 1. The monoisotopic (exact) mass is 587 g/mol. The molecule has 0 fully saturated rings. The lowest BCUT2D eigenvalue weighted by atomic mass is 9.95. The number of hydrogen-bond donors (Lipinski definition) is 3. The molecule has 1 amide bonds. The van der Waals surface area contributed by atoms with Gasteiger partial charge < -0.3 is 24.7 Å². The number of rotatable bonds is 10. The number of carbonyl (C=O) groups excluding carboxylic acids is 3. The molecule has 2 aromatic carbocycles. The fourth-order valence-electron chi connectivity index (χ4n) is 4.77. The largest absolute Gasteiger partial charge is 0.483 e. The lowest BCUT2D eigenvalue weighted by Crippen LogP contribution is -2.45. The maximum absolute atomic E-state index is 12.7. The fourth-order valence-corrected chi connectivity index (χ4v) is 5.04. The summed E-state index contributed by atoms with van der Waals surface area (Å²) < 4.78 is 13.2. The van der Waals surface area contributed by atoms with Crippen LogP contribution in [0.15, 0.2) is 71.0 Å².